The third-order valence-corrected chi connectivity index (χ3v) is 5.62. The summed E-state index contributed by atoms with van der Waals surface area (Å²) >= 11 is 0. The first-order valence-electron chi connectivity index (χ1n) is 7.80. The second-order valence-corrected chi connectivity index (χ2v) is 7.14. The highest BCUT2D eigenvalue weighted by Crippen LogP contribution is 2.17. The van der Waals surface area contributed by atoms with Crippen molar-refractivity contribution in [1.29, 1.82) is 0 Å². The summed E-state index contributed by atoms with van der Waals surface area (Å²) in [4.78, 5) is 4.46. The van der Waals surface area contributed by atoms with Crippen molar-refractivity contribution in [2.75, 3.05) is 39.5 Å². The molecular formula is C12H34N2O6Si2. The summed E-state index contributed by atoms with van der Waals surface area (Å²) in [5.41, 5.74) is 10.6. The van der Waals surface area contributed by atoms with E-state index < -0.39 is 8.80 Å². The fraction of sp³-hybridized carbons (Fsp3) is 1.00. The van der Waals surface area contributed by atoms with Gasteiger partial charge in [0.1, 0.15) is 0 Å². The van der Waals surface area contributed by atoms with Gasteiger partial charge in [-0.3, -0.25) is 4.58 Å². The number of nitrogens with two attached hydrogens (primary N) is 2. The molecule has 8 nitrogen and oxygen atoms in total. The molecule has 0 saturated carbocycles. The summed E-state index contributed by atoms with van der Waals surface area (Å²) in [6.07, 6.45) is 1.69. The van der Waals surface area contributed by atoms with Crippen molar-refractivity contribution in [2.24, 2.45) is 11.5 Å². The van der Waals surface area contributed by atoms with E-state index in [1.165, 1.54) is 0 Å². The van der Waals surface area contributed by atoms with Crippen LogP contribution >= 0.6 is 0 Å². The molecule has 0 fully saturated rings. The molecule has 0 rings (SSSR count). The number of rotatable bonds is 14. The Morgan fingerprint density at radius 2 is 1.36 bits per heavy atom. The summed E-state index contributed by atoms with van der Waals surface area (Å²) < 4.78 is 21.2. The lowest BCUT2D eigenvalue weighted by Gasteiger charge is -2.28. The largest absolute Gasteiger partial charge is 0.500 e. The van der Waals surface area contributed by atoms with Crippen molar-refractivity contribution in [3.05, 3.63) is 0 Å². The minimum atomic E-state index is -2.40. The fourth-order valence-electron chi connectivity index (χ4n) is 1.54. The van der Waals surface area contributed by atoms with Crippen LogP contribution in [0.1, 0.15) is 33.6 Å². The molecule has 22 heavy (non-hydrogen) atoms. The van der Waals surface area contributed by atoms with Gasteiger partial charge in [0.25, 0.3) is 0 Å². The van der Waals surface area contributed by atoms with E-state index in [-0.39, 0.29) is 0 Å². The summed E-state index contributed by atoms with van der Waals surface area (Å²) in [6, 6.07) is 0.818. The van der Waals surface area contributed by atoms with Gasteiger partial charge in [-0.15, -0.1) is 0 Å². The van der Waals surface area contributed by atoms with E-state index in [4.69, 9.17) is 24.7 Å². The predicted octanol–water partition coefficient (Wildman–Crippen LogP) is -0.121. The smallest absolute Gasteiger partial charge is 0.374 e. The lowest BCUT2D eigenvalue weighted by molar-refractivity contribution is -0.466. The van der Waals surface area contributed by atoms with Gasteiger partial charge in [0.15, 0.2) is 10.5 Å². The monoisotopic (exact) mass is 358 g/mol. The van der Waals surface area contributed by atoms with Crippen LogP contribution in [0, 0.1) is 0 Å². The Morgan fingerprint density at radius 3 is 1.73 bits per heavy atom. The van der Waals surface area contributed by atoms with Crippen LogP contribution in [0.3, 0.4) is 0 Å². The Hall–Kier alpha value is 0.114. The van der Waals surface area contributed by atoms with Gasteiger partial charge >= 0.3 is 8.80 Å². The van der Waals surface area contributed by atoms with Gasteiger partial charge in [-0.2, -0.15) is 0 Å². The zero-order valence-electron chi connectivity index (χ0n) is 14.5. The molecule has 136 valence electrons. The minimum Gasteiger partial charge on any atom is -0.374 e. The first kappa shape index (κ1) is 24.4. The maximum atomic E-state index is 5.65. The SMILES string of the molecule is CCO[Si](CCCN)(OCC)OCC.NCCCOOO[SiH3]. The maximum absolute atomic E-state index is 5.65. The van der Waals surface area contributed by atoms with Crippen molar-refractivity contribution in [1.82, 2.24) is 0 Å². The van der Waals surface area contributed by atoms with Crippen LogP contribution < -0.4 is 11.5 Å². The molecule has 10 heteroatoms. The van der Waals surface area contributed by atoms with Crippen LogP contribution in [-0.2, 0) is 27.8 Å². The summed E-state index contributed by atoms with van der Waals surface area (Å²) in [6.45, 7) is 9.56. The Bertz CT molecular complexity index is 195. The molecule has 0 aromatic carbocycles. The molecule has 0 aliphatic rings. The molecule has 0 atom stereocenters. The second kappa shape index (κ2) is 19.2. The summed E-state index contributed by atoms with van der Waals surface area (Å²) in [5, 5.41) is 4.14. The lowest BCUT2D eigenvalue weighted by atomic mass is 10.5. The van der Waals surface area contributed by atoms with E-state index in [1.54, 1.807) is 0 Å². The van der Waals surface area contributed by atoms with E-state index in [0.29, 0.717) is 50.0 Å². The van der Waals surface area contributed by atoms with Crippen molar-refractivity contribution < 1.29 is 27.8 Å². The van der Waals surface area contributed by atoms with Gasteiger partial charge in [-0.05, 0) is 46.7 Å². The average molecular weight is 359 g/mol. The molecule has 0 aliphatic carbocycles. The molecule has 0 saturated heterocycles. The van der Waals surface area contributed by atoms with Crippen LogP contribution in [-0.4, -0.2) is 58.8 Å². The van der Waals surface area contributed by atoms with Crippen molar-refractivity contribution in [2.45, 2.75) is 39.7 Å². The van der Waals surface area contributed by atoms with E-state index in [9.17, 15) is 0 Å². The van der Waals surface area contributed by atoms with Gasteiger partial charge in [0, 0.05) is 25.9 Å². The predicted molar refractivity (Wildman–Crippen MR) is 90.8 cm³/mol. The Balaban J connectivity index is 0. The van der Waals surface area contributed by atoms with Gasteiger partial charge in [-0.1, -0.05) is 5.04 Å². The van der Waals surface area contributed by atoms with E-state index >= 15 is 0 Å². The highest BCUT2D eigenvalue weighted by Gasteiger charge is 2.39. The second-order valence-electron chi connectivity index (χ2n) is 4.07. The van der Waals surface area contributed by atoms with Gasteiger partial charge < -0.3 is 24.7 Å². The highest BCUT2D eigenvalue weighted by atomic mass is 28.4. The van der Waals surface area contributed by atoms with Crippen molar-refractivity contribution in [3.8, 4) is 0 Å². The van der Waals surface area contributed by atoms with Crippen LogP contribution in [0.2, 0.25) is 6.04 Å². The topological polar surface area (TPSA) is 107 Å². The van der Waals surface area contributed by atoms with Gasteiger partial charge in [0.05, 0.1) is 6.61 Å². The third kappa shape index (κ3) is 15.0. The van der Waals surface area contributed by atoms with Crippen LogP contribution in [0.15, 0.2) is 0 Å². The third-order valence-electron chi connectivity index (χ3n) is 2.33. The molecule has 0 heterocycles. The average Bonchev–Trinajstić information content (AvgIpc) is 2.51. The van der Waals surface area contributed by atoms with E-state index in [2.05, 4.69) is 14.5 Å². The standard InChI is InChI=1S/C9H23NO3Si.C3H11NO3Si/c1-4-11-14(12-5-2,13-6-3)9-7-8-10;4-2-1-3-5-6-7-8/h4-10H2,1-3H3;1-4H2,8H3. The first-order valence-corrected chi connectivity index (χ1v) is 10.5. The van der Waals surface area contributed by atoms with E-state index in [0.717, 1.165) is 18.9 Å². The quantitative estimate of drug-likeness (QED) is 0.191. The maximum Gasteiger partial charge on any atom is 0.500 e. The molecule has 0 aliphatic heterocycles. The Labute approximate surface area is 138 Å². The first-order chi connectivity index (χ1) is 10.7. The zero-order chi connectivity index (χ0) is 17.1. The number of hydrogen-bond donors (Lipinski definition) is 2. The zero-order valence-corrected chi connectivity index (χ0v) is 17.5. The molecule has 0 bridgehead atoms. The molecule has 0 radical (unpaired) electrons. The molecule has 4 N–H and O–H groups in total. The normalized spacial score (nSPS) is 11.3. The molecule has 0 spiro atoms. The lowest BCUT2D eigenvalue weighted by Crippen LogP contribution is -2.46. The summed E-state index contributed by atoms with van der Waals surface area (Å²) in [7, 11) is -1.87. The molecular weight excluding hydrogens is 324 g/mol. The fourth-order valence-corrected chi connectivity index (χ4v) is 4.28. The van der Waals surface area contributed by atoms with Crippen LogP contribution in [0.4, 0.5) is 0 Å². The molecule has 0 unspecified atom stereocenters. The molecule has 0 aromatic heterocycles. The van der Waals surface area contributed by atoms with Crippen LogP contribution in [0.5, 0.6) is 0 Å². The minimum absolute atomic E-state index is 0.499. The van der Waals surface area contributed by atoms with Crippen LogP contribution in [0.25, 0.3) is 0 Å². The highest BCUT2D eigenvalue weighted by molar-refractivity contribution is 6.60. The Kier molecular flexibility index (Phi) is 21.2. The van der Waals surface area contributed by atoms with Gasteiger partial charge in [0.2, 0.25) is 0 Å². The van der Waals surface area contributed by atoms with Gasteiger partial charge in [-0.25, -0.2) is 4.89 Å². The Morgan fingerprint density at radius 1 is 0.864 bits per heavy atom. The molecule has 0 aromatic rings. The summed E-state index contributed by atoms with van der Waals surface area (Å²) in [5.74, 6) is 0. The van der Waals surface area contributed by atoms with Crippen molar-refractivity contribution in [3.63, 3.8) is 0 Å². The van der Waals surface area contributed by atoms with Crippen molar-refractivity contribution >= 4 is 19.3 Å². The molecule has 0 amide bonds. The number of hydrogen-bond acceptors (Lipinski definition) is 8. The van der Waals surface area contributed by atoms with E-state index in [1.807, 2.05) is 20.8 Å².